The first-order chi connectivity index (χ1) is 23.3. The van der Waals surface area contributed by atoms with Gasteiger partial charge in [-0.25, -0.2) is 0 Å². The molecule has 0 spiro atoms. The number of nitrogens with zero attached hydrogens (tertiary/aromatic N) is 1. The molecule has 0 aromatic heterocycles. The molecule has 0 saturated carbocycles. The van der Waals surface area contributed by atoms with E-state index in [1.165, 1.54) is 6.07 Å². The molecule has 2 aliphatic heterocycles. The minimum atomic E-state index is -1.07. The molecular weight excluding hydrogens is 626 g/mol. The van der Waals surface area contributed by atoms with E-state index < -0.39 is 29.7 Å². The largest absolute Gasteiger partial charge is 0.379 e. The Balaban J connectivity index is 1.13. The third-order valence-electron chi connectivity index (χ3n) is 7.89. The van der Waals surface area contributed by atoms with E-state index in [0.717, 1.165) is 30.8 Å². The average molecular weight is 678 g/mol. The molecule has 14 nitrogen and oxygen atoms in total. The molecule has 268 valence electrons. The maximum absolute atomic E-state index is 13.2. The van der Waals surface area contributed by atoms with Crippen molar-refractivity contribution in [1.82, 2.24) is 10.2 Å². The summed E-state index contributed by atoms with van der Waals surface area (Å²) in [5.74, 6) is -2.11. The van der Waals surface area contributed by atoms with Crippen molar-refractivity contribution >= 4 is 35.2 Å². The number of hydrogen-bond donors (Lipinski definition) is 2. The molecule has 5 amide bonds. The third kappa shape index (κ3) is 13.3. The highest BCUT2D eigenvalue weighted by atomic mass is 16.6. The van der Waals surface area contributed by atoms with Crippen LogP contribution in [0.2, 0.25) is 0 Å². The lowest BCUT2D eigenvalue weighted by Crippen LogP contribution is -2.54. The van der Waals surface area contributed by atoms with Gasteiger partial charge < -0.3 is 33.7 Å². The van der Waals surface area contributed by atoms with Crippen LogP contribution in [-0.4, -0.2) is 120 Å². The molecule has 0 bridgehead atoms. The molecule has 1 fully saturated rings. The van der Waals surface area contributed by atoms with Gasteiger partial charge in [-0.2, -0.15) is 0 Å². The normalized spacial score (nSPS) is 16.7. The van der Waals surface area contributed by atoms with Gasteiger partial charge in [0.1, 0.15) is 6.04 Å². The minimum Gasteiger partial charge on any atom is -0.379 e. The second-order valence-corrected chi connectivity index (χ2v) is 11.7. The van der Waals surface area contributed by atoms with Gasteiger partial charge >= 0.3 is 0 Å². The van der Waals surface area contributed by atoms with E-state index in [0.29, 0.717) is 85.0 Å². The Morgan fingerprint density at radius 1 is 0.812 bits per heavy atom. The summed E-state index contributed by atoms with van der Waals surface area (Å²) in [7, 11) is 0. The van der Waals surface area contributed by atoms with Crippen LogP contribution < -0.4 is 10.6 Å². The van der Waals surface area contributed by atoms with Crippen LogP contribution in [0.1, 0.15) is 79.5 Å². The number of rotatable bonds is 26. The molecule has 0 aliphatic carbocycles. The van der Waals surface area contributed by atoms with Crippen molar-refractivity contribution < 1.29 is 52.4 Å². The molecule has 14 heteroatoms. The van der Waals surface area contributed by atoms with Crippen LogP contribution >= 0.6 is 0 Å². The van der Waals surface area contributed by atoms with Crippen molar-refractivity contribution in [2.24, 2.45) is 5.92 Å². The molecule has 3 rings (SSSR count). The zero-order valence-corrected chi connectivity index (χ0v) is 28.3. The van der Waals surface area contributed by atoms with Gasteiger partial charge in [-0.1, -0.05) is 32.8 Å². The first-order valence-corrected chi connectivity index (χ1v) is 16.9. The summed E-state index contributed by atoms with van der Waals surface area (Å²) in [6.45, 7) is 10.7. The lowest BCUT2D eigenvalue weighted by molar-refractivity contribution is -0.136. The van der Waals surface area contributed by atoms with Crippen LogP contribution in [0.15, 0.2) is 18.2 Å². The van der Waals surface area contributed by atoms with Crippen molar-refractivity contribution in [3.8, 4) is 0 Å². The number of unbranched alkanes of at least 4 members (excludes halogenated alkanes) is 2. The van der Waals surface area contributed by atoms with Crippen LogP contribution in [0.5, 0.6) is 0 Å². The van der Waals surface area contributed by atoms with Gasteiger partial charge in [0.25, 0.3) is 11.8 Å². The quantitative estimate of drug-likeness (QED) is 0.109. The van der Waals surface area contributed by atoms with Crippen LogP contribution in [-0.2, 0) is 42.8 Å². The first-order valence-electron chi connectivity index (χ1n) is 16.9. The lowest BCUT2D eigenvalue weighted by atomic mass is 10.0. The molecule has 2 atom stereocenters. The smallest absolute Gasteiger partial charge is 0.264 e. The van der Waals surface area contributed by atoms with Crippen molar-refractivity contribution in [1.29, 1.82) is 0 Å². The topological polar surface area (TPSA) is 168 Å². The molecule has 2 aliphatic rings. The predicted molar refractivity (Wildman–Crippen MR) is 175 cm³/mol. The standard InChI is InChI=1S/C34H51N3O11/c1-3-25(2)24-48-23-22-47-21-20-46-19-18-45-17-16-44-15-14-43-13-6-4-5-10-29(38)35-27-9-7-8-26-31(27)34(42)37(33(26)41)28-11-12-30(39)36-32(28)40/h7-9,25,28H,3-6,10-24H2,1-2H3,(H,35,38)(H,36,39,40). The van der Waals surface area contributed by atoms with E-state index in [2.05, 4.69) is 24.5 Å². The zero-order chi connectivity index (χ0) is 34.6. The SMILES string of the molecule is CCC(C)COCCOCCOCCOCCOCCOCCCCCC(=O)Nc1cccc2c1C(=O)N(C1CCC(=O)NC1=O)C2=O. The number of fused-ring (bicyclic) bond motifs is 1. The van der Waals surface area contributed by atoms with Gasteiger partial charge in [-0.15, -0.1) is 0 Å². The van der Waals surface area contributed by atoms with Gasteiger partial charge in [0.2, 0.25) is 17.7 Å². The van der Waals surface area contributed by atoms with E-state index in [4.69, 9.17) is 28.4 Å². The van der Waals surface area contributed by atoms with Gasteiger partial charge in [0, 0.05) is 26.1 Å². The summed E-state index contributed by atoms with van der Waals surface area (Å²) in [5, 5.41) is 4.90. The highest BCUT2D eigenvalue weighted by molar-refractivity contribution is 6.26. The van der Waals surface area contributed by atoms with Crippen molar-refractivity contribution in [2.45, 2.75) is 64.8 Å². The number of ether oxygens (including phenoxy) is 6. The summed E-state index contributed by atoms with van der Waals surface area (Å²) in [5.41, 5.74) is 0.402. The predicted octanol–water partition coefficient (Wildman–Crippen LogP) is 2.73. The summed E-state index contributed by atoms with van der Waals surface area (Å²) in [4.78, 5) is 63.4. The number of benzene rings is 1. The number of hydrogen-bond acceptors (Lipinski definition) is 11. The highest BCUT2D eigenvalue weighted by Gasteiger charge is 2.45. The van der Waals surface area contributed by atoms with E-state index in [9.17, 15) is 24.0 Å². The van der Waals surface area contributed by atoms with E-state index >= 15 is 0 Å². The van der Waals surface area contributed by atoms with Gasteiger partial charge in [0.05, 0.1) is 82.9 Å². The van der Waals surface area contributed by atoms with Crippen LogP contribution in [0.3, 0.4) is 0 Å². The number of nitrogens with one attached hydrogen (secondary N) is 2. The molecular formula is C34H51N3O11. The Morgan fingerprint density at radius 3 is 1.98 bits per heavy atom. The molecule has 2 heterocycles. The Bertz CT molecular complexity index is 1190. The number of carbonyl (C=O) groups is 5. The summed E-state index contributed by atoms with van der Waals surface area (Å²) in [6, 6.07) is 3.55. The summed E-state index contributed by atoms with van der Waals surface area (Å²) >= 11 is 0. The molecule has 48 heavy (non-hydrogen) atoms. The molecule has 2 N–H and O–H groups in total. The lowest BCUT2D eigenvalue weighted by Gasteiger charge is -2.27. The molecule has 1 aromatic rings. The first kappa shape index (κ1) is 39.2. The Labute approximate surface area is 282 Å². The maximum Gasteiger partial charge on any atom is 0.264 e. The van der Waals surface area contributed by atoms with Gasteiger partial charge in [0.15, 0.2) is 0 Å². The third-order valence-corrected chi connectivity index (χ3v) is 7.89. The number of amides is 5. The fourth-order valence-electron chi connectivity index (χ4n) is 5.00. The highest BCUT2D eigenvalue weighted by Crippen LogP contribution is 2.32. The molecule has 2 unspecified atom stereocenters. The second kappa shape index (κ2) is 22.4. The molecule has 1 saturated heterocycles. The van der Waals surface area contributed by atoms with Gasteiger partial charge in [-0.05, 0) is 37.3 Å². The van der Waals surface area contributed by atoms with Gasteiger partial charge in [-0.3, -0.25) is 34.2 Å². The Kier molecular flexibility index (Phi) is 18.3. The van der Waals surface area contributed by atoms with Crippen LogP contribution in [0.4, 0.5) is 5.69 Å². The van der Waals surface area contributed by atoms with E-state index in [-0.39, 0.29) is 42.0 Å². The number of carbonyl (C=O) groups excluding carboxylic acids is 5. The molecule has 0 radical (unpaired) electrons. The van der Waals surface area contributed by atoms with E-state index in [1.807, 2.05) is 0 Å². The summed E-state index contributed by atoms with van der Waals surface area (Å²) in [6.07, 6.45) is 3.62. The molecule has 1 aromatic carbocycles. The number of anilines is 1. The van der Waals surface area contributed by atoms with Crippen molar-refractivity contribution in [3.63, 3.8) is 0 Å². The number of piperidine rings is 1. The van der Waals surface area contributed by atoms with Crippen LogP contribution in [0, 0.1) is 5.92 Å². The van der Waals surface area contributed by atoms with Crippen LogP contribution in [0.25, 0.3) is 0 Å². The maximum atomic E-state index is 13.2. The average Bonchev–Trinajstić information content (AvgIpc) is 3.32. The van der Waals surface area contributed by atoms with Crippen molar-refractivity contribution in [2.75, 3.05) is 84.6 Å². The fraction of sp³-hybridized carbons (Fsp3) is 0.676. The number of imide groups is 2. The Hall–Kier alpha value is -3.27. The summed E-state index contributed by atoms with van der Waals surface area (Å²) < 4.78 is 33.0. The Morgan fingerprint density at radius 2 is 1.40 bits per heavy atom. The fourth-order valence-corrected chi connectivity index (χ4v) is 5.00. The zero-order valence-electron chi connectivity index (χ0n) is 28.3. The van der Waals surface area contributed by atoms with Crippen molar-refractivity contribution in [3.05, 3.63) is 29.3 Å². The van der Waals surface area contributed by atoms with E-state index in [1.54, 1.807) is 12.1 Å². The minimum absolute atomic E-state index is 0.0341. The second-order valence-electron chi connectivity index (χ2n) is 11.7. The monoisotopic (exact) mass is 677 g/mol.